The van der Waals surface area contributed by atoms with Gasteiger partial charge in [-0.15, -0.1) is 0 Å². The van der Waals surface area contributed by atoms with Gasteiger partial charge in [-0.3, -0.25) is 4.79 Å². The summed E-state index contributed by atoms with van der Waals surface area (Å²) >= 11 is 3.42. The number of amides is 1. The molecule has 3 nitrogen and oxygen atoms in total. The van der Waals surface area contributed by atoms with E-state index in [1.807, 2.05) is 66.7 Å². The Labute approximate surface area is 156 Å². The SMILES string of the molecule is CN(Cc1ccc(Br)cc1)C(=O)c1ccc(Oc2ccccc2)cc1. The van der Waals surface area contributed by atoms with Crippen molar-refractivity contribution in [3.8, 4) is 11.5 Å². The minimum Gasteiger partial charge on any atom is -0.457 e. The Bertz CT molecular complexity index is 830. The van der Waals surface area contributed by atoms with Crippen molar-refractivity contribution in [2.24, 2.45) is 0 Å². The van der Waals surface area contributed by atoms with Gasteiger partial charge >= 0.3 is 0 Å². The molecule has 126 valence electrons. The third-order valence-electron chi connectivity index (χ3n) is 3.76. The fourth-order valence-electron chi connectivity index (χ4n) is 2.45. The molecule has 0 aliphatic carbocycles. The lowest BCUT2D eigenvalue weighted by atomic mass is 10.1. The molecule has 0 N–H and O–H groups in total. The minimum atomic E-state index is -0.0193. The summed E-state index contributed by atoms with van der Waals surface area (Å²) in [6, 6.07) is 24.7. The fourth-order valence-corrected chi connectivity index (χ4v) is 2.71. The van der Waals surface area contributed by atoms with Crippen LogP contribution >= 0.6 is 15.9 Å². The molecule has 0 heterocycles. The van der Waals surface area contributed by atoms with Crippen LogP contribution in [0.5, 0.6) is 11.5 Å². The maximum Gasteiger partial charge on any atom is 0.253 e. The number of ether oxygens (including phenoxy) is 1. The van der Waals surface area contributed by atoms with Crippen LogP contribution in [-0.4, -0.2) is 17.9 Å². The van der Waals surface area contributed by atoms with E-state index in [1.165, 1.54) is 0 Å². The van der Waals surface area contributed by atoms with E-state index in [0.717, 1.165) is 15.8 Å². The van der Waals surface area contributed by atoms with Gasteiger partial charge in [0.1, 0.15) is 11.5 Å². The Morgan fingerprint density at radius 1 is 0.880 bits per heavy atom. The highest BCUT2D eigenvalue weighted by molar-refractivity contribution is 9.10. The molecule has 0 unspecified atom stereocenters. The number of halogens is 1. The van der Waals surface area contributed by atoms with Crippen LogP contribution < -0.4 is 4.74 Å². The van der Waals surface area contributed by atoms with Gasteiger partial charge in [0, 0.05) is 23.6 Å². The van der Waals surface area contributed by atoms with Gasteiger partial charge in [-0.25, -0.2) is 0 Å². The van der Waals surface area contributed by atoms with Crippen LogP contribution in [0.1, 0.15) is 15.9 Å². The molecular weight excluding hydrogens is 378 g/mol. The Hall–Kier alpha value is -2.59. The van der Waals surface area contributed by atoms with Gasteiger partial charge in [-0.2, -0.15) is 0 Å². The monoisotopic (exact) mass is 395 g/mol. The smallest absolute Gasteiger partial charge is 0.253 e. The van der Waals surface area contributed by atoms with Crippen molar-refractivity contribution in [2.45, 2.75) is 6.54 Å². The van der Waals surface area contributed by atoms with Gasteiger partial charge < -0.3 is 9.64 Å². The van der Waals surface area contributed by atoms with Gasteiger partial charge in [0.25, 0.3) is 5.91 Å². The molecule has 0 aromatic heterocycles. The Morgan fingerprint density at radius 2 is 1.48 bits per heavy atom. The maximum absolute atomic E-state index is 12.6. The third-order valence-corrected chi connectivity index (χ3v) is 4.29. The summed E-state index contributed by atoms with van der Waals surface area (Å²) in [6.45, 7) is 0.564. The molecule has 0 atom stereocenters. The summed E-state index contributed by atoms with van der Waals surface area (Å²) < 4.78 is 6.78. The lowest BCUT2D eigenvalue weighted by molar-refractivity contribution is 0.0785. The molecule has 3 rings (SSSR count). The lowest BCUT2D eigenvalue weighted by Gasteiger charge is -2.17. The minimum absolute atomic E-state index is 0.0193. The van der Waals surface area contributed by atoms with E-state index in [0.29, 0.717) is 17.9 Å². The van der Waals surface area contributed by atoms with E-state index in [2.05, 4.69) is 15.9 Å². The third kappa shape index (κ3) is 4.70. The number of nitrogens with zero attached hydrogens (tertiary/aromatic N) is 1. The van der Waals surface area contributed by atoms with E-state index < -0.39 is 0 Å². The Morgan fingerprint density at radius 3 is 2.12 bits per heavy atom. The molecule has 4 heteroatoms. The van der Waals surface area contributed by atoms with E-state index in [9.17, 15) is 4.79 Å². The van der Waals surface area contributed by atoms with Crippen molar-refractivity contribution < 1.29 is 9.53 Å². The maximum atomic E-state index is 12.6. The summed E-state index contributed by atoms with van der Waals surface area (Å²) in [5.41, 5.74) is 1.73. The fraction of sp³-hybridized carbons (Fsp3) is 0.0952. The molecule has 0 aliphatic heterocycles. The van der Waals surface area contributed by atoms with Gasteiger partial charge in [0.05, 0.1) is 0 Å². The molecule has 0 fully saturated rings. The first-order valence-electron chi connectivity index (χ1n) is 7.95. The van der Waals surface area contributed by atoms with Crippen LogP contribution in [0.15, 0.2) is 83.3 Å². The molecule has 25 heavy (non-hydrogen) atoms. The van der Waals surface area contributed by atoms with Crippen molar-refractivity contribution in [2.75, 3.05) is 7.05 Å². The van der Waals surface area contributed by atoms with E-state index in [-0.39, 0.29) is 5.91 Å². The van der Waals surface area contributed by atoms with Crippen LogP contribution in [0, 0.1) is 0 Å². The van der Waals surface area contributed by atoms with Gasteiger partial charge in [0.2, 0.25) is 0 Å². The summed E-state index contributed by atoms with van der Waals surface area (Å²) in [7, 11) is 1.80. The molecule has 0 bridgehead atoms. The predicted octanol–water partition coefficient (Wildman–Crippen LogP) is 5.51. The second-order valence-electron chi connectivity index (χ2n) is 5.73. The zero-order valence-electron chi connectivity index (χ0n) is 13.9. The summed E-state index contributed by atoms with van der Waals surface area (Å²) in [4.78, 5) is 14.3. The van der Waals surface area contributed by atoms with E-state index in [1.54, 1.807) is 24.1 Å². The zero-order chi connectivity index (χ0) is 17.6. The average molecular weight is 396 g/mol. The molecule has 0 spiro atoms. The van der Waals surface area contributed by atoms with Crippen molar-refractivity contribution in [1.82, 2.24) is 4.90 Å². The van der Waals surface area contributed by atoms with Crippen molar-refractivity contribution in [3.05, 3.63) is 94.5 Å². The van der Waals surface area contributed by atoms with E-state index >= 15 is 0 Å². The van der Waals surface area contributed by atoms with Crippen molar-refractivity contribution >= 4 is 21.8 Å². The first-order chi connectivity index (χ1) is 12.1. The molecule has 0 saturated carbocycles. The molecule has 1 amide bonds. The van der Waals surface area contributed by atoms with Gasteiger partial charge in [-0.1, -0.05) is 46.3 Å². The summed E-state index contributed by atoms with van der Waals surface area (Å²) in [5.74, 6) is 1.46. The number of benzene rings is 3. The highest BCUT2D eigenvalue weighted by atomic mass is 79.9. The second kappa shape index (κ2) is 7.99. The highest BCUT2D eigenvalue weighted by Crippen LogP contribution is 2.21. The molecule has 3 aromatic rings. The Balaban J connectivity index is 1.64. The zero-order valence-corrected chi connectivity index (χ0v) is 15.4. The van der Waals surface area contributed by atoms with Crippen molar-refractivity contribution in [3.63, 3.8) is 0 Å². The van der Waals surface area contributed by atoms with E-state index in [4.69, 9.17) is 4.74 Å². The number of hydrogen-bond donors (Lipinski definition) is 0. The molecular formula is C21H18BrNO2. The summed E-state index contributed by atoms with van der Waals surface area (Å²) in [6.07, 6.45) is 0. The average Bonchev–Trinajstić information content (AvgIpc) is 2.64. The standard InChI is InChI=1S/C21H18BrNO2/c1-23(15-16-7-11-18(22)12-8-16)21(24)17-9-13-20(14-10-17)25-19-5-3-2-4-6-19/h2-14H,15H2,1H3. The number of carbonyl (C=O) groups excluding carboxylic acids is 1. The number of carbonyl (C=O) groups is 1. The predicted molar refractivity (Wildman–Crippen MR) is 103 cm³/mol. The van der Waals surface area contributed by atoms with Gasteiger partial charge in [-0.05, 0) is 54.1 Å². The number of rotatable bonds is 5. The van der Waals surface area contributed by atoms with Crippen LogP contribution in [0.4, 0.5) is 0 Å². The van der Waals surface area contributed by atoms with Crippen LogP contribution in [-0.2, 0) is 6.54 Å². The largest absolute Gasteiger partial charge is 0.457 e. The second-order valence-corrected chi connectivity index (χ2v) is 6.64. The normalized spacial score (nSPS) is 10.3. The molecule has 0 radical (unpaired) electrons. The number of para-hydroxylation sites is 1. The topological polar surface area (TPSA) is 29.5 Å². The quantitative estimate of drug-likeness (QED) is 0.569. The summed E-state index contributed by atoms with van der Waals surface area (Å²) in [5, 5.41) is 0. The Kier molecular flexibility index (Phi) is 5.51. The van der Waals surface area contributed by atoms with Crippen LogP contribution in [0.2, 0.25) is 0 Å². The molecule has 3 aromatic carbocycles. The molecule has 0 aliphatic rings. The van der Waals surface area contributed by atoms with Crippen LogP contribution in [0.3, 0.4) is 0 Å². The van der Waals surface area contributed by atoms with Gasteiger partial charge in [0.15, 0.2) is 0 Å². The first-order valence-corrected chi connectivity index (χ1v) is 8.74. The number of hydrogen-bond acceptors (Lipinski definition) is 2. The molecule has 0 saturated heterocycles. The van der Waals surface area contributed by atoms with Crippen LogP contribution in [0.25, 0.3) is 0 Å². The highest BCUT2D eigenvalue weighted by Gasteiger charge is 2.12. The van der Waals surface area contributed by atoms with Crippen molar-refractivity contribution in [1.29, 1.82) is 0 Å². The lowest BCUT2D eigenvalue weighted by Crippen LogP contribution is -2.26. The first kappa shape index (κ1) is 17.2.